The Balaban J connectivity index is 0.000000361. The van der Waals surface area contributed by atoms with Crippen molar-refractivity contribution in [3.8, 4) is 0 Å². The number of allylic oxidation sites excluding steroid dienone is 4. The minimum absolute atomic E-state index is 0.184. The number of hydrogen-bond donors (Lipinski definition) is 0. The van der Waals surface area contributed by atoms with Gasteiger partial charge >= 0.3 is 0 Å². The minimum atomic E-state index is 0.184. The molecule has 0 unspecified atom stereocenters. The van der Waals surface area contributed by atoms with E-state index in [-0.39, 0.29) is 5.41 Å². The SMILES string of the molecule is C/C=C\C.CC1=C(C)C(C)(C)c2ccc3ccccc3c21. The third-order valence-electron chi connectivity index (χ3n) is 4.81. The summed E-state index contributed by atoms with van der Waals surface area (Å²) in [5.41, 5.74) is 6.09. The molecule has 0 radical (unpaired) electrons. The molecule has 110 valence electrons. The predicted molar refractivity (Wildman–Crippen MR) is 95.7 cm³/mol. The van der Waals surface area contributed by atoms with Gasteiger partial charge in [0.1, 0.15) is 0 Å². The lowest BCUT2D eigenvalue weighted by atomic mass is 9.81. The van der Waals surface area contributed by atoms with Crippen LogP contribution in [0.2, 0.25) is 0 Å². The normalized spacial score (nSPS) is 16.1. The van der Waals surface area contributed by atoms with Crippen LogP contribution >= 0.6 is 0 Å². The van der Waals surface area contributed by atoms with Gasteiger partial charge in [-0.2, -0.15) is 0 Å². The van der Waals surface area contributed by atoms with Gasteiger partial charge in [-0.25, -0.2) is 0 Å². The van der Waals surface area contributed by atoms with Crippen molar-refractivity contribution in [3.63, 3.8) is 0 Å². The third kappa shape index (κ3) is 2.55. The molecule has 0 heteroatoms. The van der Waals surface area contributed by atoms with Crippen molar-refractivity contribution in [1.82, 2.24) is 0 Å². The zero-order chi connectivity index (χ0) is 15.6. The first-order chi connectivity index (χ1) is 9.95. The van der Waals surface area contributed by atoms with E-state index in [1.54, 1.807) is 0 Å². The number of hydrogen-bond acceptors (Lipinski definition) is 0. The van der Waals surface area contributed by atoms with Crippen molar-refractivity contribution >= 4 is 16.3 Å². The molecule has 0 atom stereocenters. The highest BCUT2D eigenvalue weighted by atomic mass is 14.4. The van der Waals surface area contributed by atoms with Gasteiger partial charge in [0, 0.05) is 5.41 Å². The largest absolute Gasteiger partial charge is 0.0919 e. The van der Waals surface area contributed by atoms with Gasteiger partial charge in [0.2, 0.25) is 0 Å². The monoisotopic (exact) mass is 278 g/mol. The second-order valence-corrected chi connectivity index (χ2v) is 6.25. The smallest absolute Gasteiger partial charge is 0.0114 e. The zero-order valence-corrected chi connectivity index (χ0v) is 14.1. The summed E-state index contributed by atoms with van der Waals surface area (Å²) in [6.07, 6.45) is 4.00. The number of rotatable bonds is 0. The van der Waals surface area contributed by atoms with Crippen LogP contribution in [0.1, 0.15) is 52.7 Å². The summed E-state index contributed by atoms with van der Waals surface area (Å²) < 4.78 is 0. The fourth-order valence-corrected chi connectivity index (χ4v) is 3.05. The second-order valence-electron chi connectivity index (χ2n) is 6.25. The Hall–Kier alpha value is -1.82. The minimum Gasteiger partial charge on any atom is -0.0919 e. The highest BCUT2D eigenvalue weighted by Crippen LogP contribution is 2.48. The molecule has 0 nitrogen and oxygen atoms in total. The Morgan fingerprint density at radius 3 is 2.10 bits per heavy atom. The van der Waals surface area contributed by atoms with Gasteiger partial charge < -0.3 is 0 Å². The molecule has 1 aliphatic rings. The van der Waals surface area contributed by atoms with Crippen LogP contribution in [0.15, 0.2) is 54.1 Å². The van der Waals surface area contributed by atoms with E-state index in [0.29, 0.717) is 0 Å². The molecule has 0 spiro atoms. The average Bonchev–Trinajstić information content (AvgIpc) is 2.68. The molecule has 2 aromatic rings. The van der Waals surface area contributed by atoms with E-state index in [1.807, 2.05) is 26.0 Å². The van der Waals surface area contributed by atoms with Crippen LogP contribution in [0.3, 0.4) is 0 Å². The Labute approximate surface area is 129 Å². The van der Waals surface area contributed by atoms with Crippen LogP contribution in [-0.2, 0) is 5.41 Å². The van der Waals surface area contributed by atoms with Gasteiger partial charge in [0.25, 0.3) is 0 Å². The van der Waals surface area contributed by atoms with E-state index in [2.05, 4.69) is 64.1 Å². The first-order valence-electron chi connectivity index (χ1n) is 7.73. The summed E-state index contributed by atoms with van der Waals surface area (Å²) in [6.45, 7) is 13.2. The highest BCUT2D eigenvalue weighted by molar-refractivity contribution is 5.98. The maximum absolute atomic E-state index is 2.33. The van der Waals surface area contributed by atoms with E-state index < -0.39 is 0 Å². The first-order valence-corrected chi connectivity index (χ1v) is 7.73. The molecular weight excluding hydrogens is 252 g/mol. The Bertz CT molecular complexity index is 708. The molecule has 0 amide bonds. The van der Waals surface area contributed by atoms with E-state index in [0.717, 1.165) is 0 Å². The zero-order valence-electron chi connectivity index (χ0n) is 14.1. The molecule has 0 aliphatic heterocycles. The summed E-state index contributed by atoms with van der Waals surface area (Å²) >= 11 is 0. The lowest BCUT2D eigenvalue weighted by Crippen LogP contribution is -2.15. The van der Waals surface area contributed by atoms with Crippen LogP contribution in [0.5, 0.6) is 0 Å². The molecule has 0 heterocycles. The molecule has 0 bridgehead atoms. The molecule has 3 rings (SSSR count). The number of fused-ring (bicyclic) bond motifs is 3. The van der Waals surface area contributed by atoms with Gasteiger partial charge in [-0.05, 0) is 55.2 Å². The van der Waals surface area contributed by atoms with Crippen molar-refractivity contribution in [2.24, 2.45) is 0 Å². The van der Waals surface area contributed by atoms with Gasteiger partial charge in [-0.1, -0.05) is 68.0 Å². The lowest BCUT2D eigenvalue weighted by Gasteiger charge is -2.22. The molecule has 0 saturated heterocycles. The maximum atomic E-state index is 2.33. The van der Waals surface area contributed by atoms with Gasteiger partial charge in [0.05, 0.1) is 0 Å². The van der Waals surface area contributed by atoms with Crippen molar-refractivity contribution in [3.05, 3.63) is 65.3 Å². The molecule has 0 saturated carbocycles. The van der Waals surface area contributed by atoms with Crippen molar-refractivity contribution in [2.75, 3.05) is 0 Å². The van der Waals surface area contributed by atoms with Crippen LogP contribution in [0.4, 0.5) is 0 Å². The van der Waals surface area contributed by atoms with Gasteiger partial charge in [-0.3, -0.25) is 0 Å². The summed E-state index contributed by atoms with van der Waals surface area (Å²) in [5, 5.41) is 2.74. The molecule has 21 heavy (non-hydrogen) atoms. The first kappa shape index (κ1) is 15.6. The molecule has 0 N–H and O–H groups in total. The van der Waals surface area contributed by atoms with E-state index >= 15 is 0 Å². The Morgan fingerprint density at radius 1 is 0.857 bits per heavy atom. The topological polar surface area (TPSA) is 0 Å². The molecule has 0 fully saturated rings. The third-order valence-corrected chi connectivity index (χ3v) is 4.81. The summed E-state index contributed by atoms with van der Waals surface area (Å²) in [4.78, 5) is 0. The quantitative estimate of drug-likeness (QED) is 0.482. The van der Waals surface area contributed by atoms with Crippen LogP contribution in [0.25, 0.3) is 16.3 Å². The van der Waals surface area contributed by atoms with Crippen molar-refractivity contribution < 1.29 is 0 Å². The Morgan fingerprint density at radius 2 is 1.48 bits per heavy atom. The average molecular weight is 278 g/mol. The molecule has 0 aromatic heterocycles. The van der Waals surface area contributed by atoms with E-state index in [4.69, 9.17) is 0 Å². The predicted octanol–water partition coefficient (Wildman–Crippen LogP) is 6.51. The van der Waals surface area contributed by atoms with E-state index in [9.17, 15) is 0 Å². The van der Waals surface area contributed by atoms with Crippen LogP contribution in [0, 0.1) is 0 Å². The highest BCUT2D eigenvalue weighted by Gasteiger charge is 2.34. The summed E-state index contributed by atoms with van der Waals surface area (Å²) in [7, 11) is 0. The van der Waals surface area contributed by atoms with Gasteiger partial charge in [-0.15, -0.1) is 0 Å². The second kappa shape index (κ2) is 5.89. The van der Waals surface area contributed by atoms with Crippen LogP contribution < -0.4 is 0 Å². The number of benzene rings is 2. The summed E-state index contributed by atoms with van der Waals surface area (Å²) in [5.74, 6) is 0. The lowest BCUT2D eigenvalue weighted by molar-refractivity contribution is 0.639. The maximum Gasteiger partial charge on any atom is 0.0114 e. The van der Waals surface area contributed by atoms with Crippen LogP contribution in [-0.4, -0.2) is 0 Å². The standard InChI is InChI=1S/C17H18.C4H8/c1-11-12(2)17(3,4)15-10-9-13-7-5-6-8-14(13)16(11)15;1-3-4-2/h5-10H,1-4H3;3-4H,1-2H3/b;4-3-. The molecule has 1 aliphatic carbocycles. The van der Waals surface area contributed by atoms with Gasteiger partial charge in [0.15, 0.2) is 0 Å². The van der Waals surface area contributed by atoms with Crippen molar-refractivity contribution in [1.29, 1.82) is 0 Å². The fraction of sp³-hybridized carbons (Fsp3) is 0.333. The van der Waals surface area contributed by atoms with Crippen molar-refractivity contribution in [2.45, 2.75) is 47.0 Å². The fourth-order valence-electron chi connectivity index (χ4n) is 3.05. The Kier molecular flexibility index (Phi) is 4.37. The molecular formula is C21H26. The van der Waals surface area contributed by atoms with E-state index in [1.165, 1.54) is 33.0 Å². The molecule has 2 aromatic carbocycles. The summed E-state index contributed by atoms with van der Waals surface area (Å²) in [6, 6.07) is 13.2.